The van der Waals surface area contributed by atoms with E-state index in [4.69, 9.17) is 5.73 Å². The molecule has 0 saturated heterocycles. The summed E-state index contributed by atoms with van der Waals surface area (Å²) in [6.45, 7) is 0. The third-order valence-corrected chi connectivity index (χ3v) is 2.12. The number of rotatable bonds is 1. The lowest BCUT2D eigenvalue weighted by Crippen LogP contribution is -2.20. The minimum atomic E-state index is -0.261. The molecule has 66 valence electrons. The van der Waals surface area contributed by atoms with E-state index in [2.05, 4.69) is 5.32 Å². The van der Waals surface area contributed by atoms with Crippen molar-refractivity contribution in [3.8, 4) is 0 Å². The first-order valence-corrected chi connectivity index (χ1v) is 4.08. The van der Waals surface area contributed by atoms with Gasteiger partial charge in [-0.15, -0.1) is 0 Å². The van der Waals surface area contributed by atoms with E-state index >= 15 is 0 Å². The molecule has 1 atom stereocenters. The first kappa shape index (κ1) is 7.86. The van der Waals surface area contributed by atoms with Crippen LogP contribution in [0.1, 0.15) is 17.2 Å². The molecule has 13 heavy (non-hydrogen) atoms. The molecule has 0 amide bonds. The lowest BCUT2D eigenvalue weighted by atomic mass is 9.98. The van der Waals surface area contributed by atoms with Gasteiger partial charge in [0.2, 0.25) is 0 Å². The number of hydrogen-bond donors (Lipinski definition) is 2. The lowest BCUT2D eigenvalue weighted by molar-refractivity contribution is -0.109. The van der Waals surface area contributed by atoms with Crippen LogP contribution in [-0.4, -0.2) is 6.29 Å². The first-order valence-electron chi connectivity index (χ1n) is 4.08. The molecule has 0 spiro atoms. The fourth-order valence-corrected chi connectivity index (χ4v) is 1.46. The Labute approximate surface area is 76.2 Å². The van der Waals surface area contributed by atoms with Crippen LogP contribution in [0.4, 0.5) is 5.69 Å². The van der Waals surface area contributed by atoms with Gasteiger partial charge in [-0.1, -0.05) is 6.07 Å². The summed E-state index contributed by atoms with van der Waals surface area (Å²) in [5.41, 5.74) is 8.30. The molecule has 1 aliphatic rings. The third-order valence-electron chi connectivity index (χ3n) is 2.12. The molecule has 0 saturated carbocycles. The van der Waals surface area contributed by atoms with E-state index in [-0.39, 0.29) is 6.04 Å². The Morgan fingerprint density at radius 3 is 3.08 bits per heavy atom. The van der Waals surface area contributed by atoms with Crippen LogP contribution in [0.15, 0.2) is 24.4 Å². The van der Waals surface area contributed by atoms with Crippen molar-refractivity contribution in [2.24, 2.45) is 0 Å². The highest BCUT2D eigenvalue weighted by atomic mass is 16.1. The predicted molar refractivity (Wildman–Crippen MR) is 51.8 cm³/mol. The molecule has 0 aromatic heterocycles. The molecule has 2 rings (SSSR count). The van der Waals surface area contributed by atoms with Gasteiger partial charge in [0, 0.05) is 5.69 Å². The van der Waals surface area contributed by atoms with Crippen molar-refractivity contribution in [2.45, 2.75) is 6.04 Å². The molecule has 1 unspecified atom stereocenters. The summed E-state index contributed by atoms with van der Waals surface area (Å²) in [5, 5.41) is 2.95. The highest BCUT2D eigenvalue weighted by Gasteiger charge is 2.14. The number of nitrogens with two attached hydrogens (primary N) is 1. The second kappa shape index (κ2) is 2.94. The van der Waals surface area contributed by atoms with E-state index in [1.54, 1.807) is 6.20 Å². The van der Waals surface area contributed by atoms with E-state index in [1.165, 1.54) is 0 Å². The van der Waals surface area contributed by atoms with Crippen molar-refractivity contribution >= 4 is 18.0 Å². The summed E-state index contributed by atoms with van der Waals surface area (Å²) in [4.78, 5) is 10.7. The van der Waals surface area contributed by atoms with Gasteiger partial charge in [-0.05, 0) is 35.5 Å². The molecule has 0 bridgehead atoms. The molecule has 0 aliphatic carbocycles. The number of fused-ring (bicyclic) bond motifs is 1. The van der Waals surface area contributed by atoms with Gasteiger partial charge in [0.25, 0.3) is 0 Å². The summed E-state index contributed by atoms with van der Waals surface area (Å²) < 4.78 is 0. The standard InChI is InChI=1S/C10H10N2O/c11-8-2-1-7-3-4-12-10(6-13)9(7)5-8/h1-6,10,12H,11H2. The quantitative estimate of drug-likeness (QED) is 0.495. The van der Waals surface area contributed by atoms with Crippen molar-refractivity contribution in [3.63, 3.8) is 0 Å². The van der Waals surface area contributed by atoms with Gasteiger partial charge >= 0.3 is 0 Å². The van der Waals surface area contributed by atoms with Crippen molar-refractivity contribution in [2.75, 3.05) is 5.73 Å². The van der Waals surface area contributed by atoms with Crippen LogP contribution in [-0.2, 0) is 4.79 Å². The summed E-state index contributed by atoms with van der Waals surface area (Å²) in [6.07, 6.45) is 4.58. The molecular formula is C10H10N2O. The zero-order valence-corrected chi connectivity index (χ0v) is 7.03. The number of nitrogen functional groups attached to an aromatic ring is 1. The second-order valence-electron chi connectivity index (χ2n) is 3.00. The first-order chi connectivity index (χ1) is 6.31. The fraction of sp³-hybridized carbons (Fsp3) is 0.100. The van der Waals surface area contributed by atoms with Gasteiger partial charge in [-0.2, -0.15) is 0 Å². The topological polar surface area (TPSA) is 55.1 Å². The number of hydrogen-bond acceptors (Lipinski definition) is 3. The van der Waals surface area contributed by atoms with Crippen LogP contribution in [0.25, 0.3) is 6.08 Å². The molecule has 1 heterocycles. The van der Waals surface area contributed by atoms with Crippen molar-refractivity contribution in [1.82, 2.24) is 5.32 Å². The molecule has 1 aliphatic heterocycles. The number of benzene rings is 1. The Hall–Kier alpha value is -1.77. The maximum atomic E-state index is 10.7. The largest absolute Gasteiger partial charge is 0.399 e. The Morgan fingerprint density at radius 1 is 1.46 bits per heavy atom. The number of carbonyl (C=O) groups excluding carboxylic acids is 1. The van der Waals surface area contributed by atoms with Gasteiger partial charge in [0.1, 0.15) is 12.3 Å². The molecule has 1 aromatic carbocycles. The van der Waals surface area contributed by atoms with Crippen molar-refractivity contribution < 1.29 is 4.79 Å². The Kier molecular flexibility index (Phi) is 1.77. The number of aldehydes is 1. The summed E-state index contributed by atoms with van der Waals surface area (Å²) in [7, 11) is 0. The second-order valence-corrected chi connectivity index (χ2v) is 3.00. The highest BCUT2D eigenvalue weighted by molar-refractivity contribution is 5.71. The molecule has 3 N–H and O–H groups in total. The molecule has 3 heteroatoms. The smallest absolute Gasteiger partial charge is 0.146 e. The van der Waals surface area contributed by atoms with E-state index in [0.29, 0.717) is 5.69 Å². The zero-order valence-electron chi connectivity index (χ0n) is 7.03. The van der Waals surface area contributed by atoms with E-state index < -0.39 is 0 Å². The summed E-state index contributed by atoms with van der Waals surface area (Å²) >= 11 is 0. The Balaban J connectivity index is 2.54. The van der Waals surface area contributed by atoms with Crippen LogP contribution < -0.4 is 11.1 Å². The Morgan fingerprint density at radius 2 is 2.31 bits per heavy atom. The molecular weight excluding hydrogens is 164 g/mol. The number of anilines is 1. The summed E-state index contributed by atoms with van der Waals surface area (Å²) in [6, 6.07) is 5.31. The zero-order chi connectivity index (χ0) is 9.26. The van der Waals surface area contributed by atoms with Crippen LogP contribution in [0.5, 0.6) is 0 Å². The minimum Gasteiger partial charge on any atom is -0.399 e. The van der Waals surface area contributed by atoms with Crippen LogP contribution in [0, 0.1) is 0 Å². The van der Waals surface area contributed by atoms with Gasteiger partial charge in [-0.3, -0.25) is 0 Å². The molecule has 0 radical (unpaired) electrons. The van der Waals surface area contributed by atoms with Crippen LogP contribution in [0.3, 0.4) is 0 Å². The lowest BCUT2D eigenvalue weighted by Gasteiger charge is -2.18. The van der Waals surface area contributed by atoms with Gasteiger partial charge < -0.3 is 15.8 Å². The molecule has 3 nitrogen and oxygen atoms in total. The van der Waals surface area contributed by atoms with E-state index in [9.17, 15) is 4.79 Å². The Bertz CT molecular complexity index is 371. The predicted octanol–water partition coefficient (Wildman–Crippen LogP) is 1.08. The molecule has 0 fully saturated rings. The normalized spacial score (nSPS) is 18.9. The average molecular weight is 174 g/mol. The van der Waals surface area contributed by atoms with Gasteiger partial charge in [0.05, 0.1) is 0 Å². The van der Waals surface area contributed by atoms with E-state index in [1.807, 2.05) is 24.3 Å². The highest BCUT2D eigenvalue weighted by Crippen LogP contribution is 2.23. The fourth-order valence-electron chi connectivity index (χ4n) is 1.46. The van der Waals surface area contributed by atoms with Crippen LogP contribution >= 0.6 is 0 Å². The molecule has 1 aromatic rings. The van der Waals surface area contributed by atoms with Crippen molar-refractivity contribution in [1.29, 1.82) is 0 Å². The number of nitrogens with one attached hydrogen (secondary N) is 1. The maximum absolute atomic E-state index is 10.7. The monoisotopic (exact) mass is 174 g/mol. The SMILES string of the molecule is Nc1ccc2c(c1)C(C=O)NC=C2. The van der Waals surface area contributed by atoms with Gasteiger partial charge in [0.15, 0.2) is 0 Å². The summed E-state index contributed by atoms with van der Waals surface area (Å²) in [5.74, 6) is 0. The minimum absolute atomic E-state index is 0.261. The van der Waals surface area contributed by atoms with Crippen molar-refractivity contribution in [3.05, 3.63) is 35.5 Å². The maximum Gasteiger partial charge on any atom is 0.146 e. The van der Waals surface area contributed by atoms with Crippen LogP contribution in [0.2, 0.25) is 0 Å². The number of carbonyl (C=O) groups is 1. The van der Waals surface area contributed by atoms with Gasteiger partial charge in [-0.25, -0.2) is 0 Å². The average Bonchev–Trinajstić information content (AvgIpc) is 2.17. The van der Waals surface area contributed by atoms with E-state index in [0.717, 1.165) is 17.4 Å². The third kappa shape index (κ3) is 1.28.